The smallest absolute Gasteiger partial charge is 0.318 e. The van der Waals surface area contributed by atoms with Crippen LogP contribution in [0.4, 0.5) is 15.9 Å². The summed E-state index contributed by atoms with van der Waals surface area (Å²) in [7, 11) is 3.58. The summed E-state index contributed by atoms with van der Waals surface area (Å²) in [6, 6.07) is 5.29. The molecule has 2 atom stereocenters. The Labute approximate surface area is 234 Å². The quantitative estimate of drug-likeness (QED) is 0.368. The third-order valence-electron chi connectivity index (χ3n) is 8.13. The van der Waals surface area contributed by atoms with Crippen LogP contribution in [0.25, 0.3) is 4.85 Å². The largest absolute Gasteiger partial charge is 0.492 e. The van der Waals surface area contributed by atoms with Crippen LogP contribution in [0.15, 0.2) is 30.9 Å². The maximum atomic E-state index is 14.5. The van der Waals surface area contributed by atoms with E-state index in [2.05, 4.69) is 33.2 Å². The van der Waals surface area contributed by atoms with Gasteiger partial charge in [-0.15, -0.1) is 0 Å². The molecule has 3 aliphatic heterocycles. The number of likely N-dealkylation sites (N-methyl/N-ethyl adjacent to an activating group) is 1. The standard InChI is InChI=1S/C29H36FN7O3/c1-5-26(38)37-15-14-36(17-21(37)16-31-2)28-22-11-13-35(25-10-6-9-23(30)27(25)39-4)18-24(22)32-29(33-28)40-19-20-8-7-12-34(20)3/h5-6,9-10,20-21H,1,7-8,11-19H2,3-4H3/t20-,21?/m0/s1. The third kappa shape index (κ3) is 5.54. The summed E-state index contributed by atoms with van der Waals surface area (Å²) in [5.41, 5.74) is 2.52. The number of ether oxygens (including phenoxy) is 2. The molecule has 2 fully saturated rings. The number of rotatable bonds is 8. The van der Waals surface area contributed by atoms with Crippen LogP contribution < -0.4 is 19.3 Å². The number of hydrogen-bond donors (Lipinski definition) is 0. The van der Waals surface area contributed by atoms with Crippen LogP contribution >= 0.6 is 0 Å². The number of carbonyl (C=O) groups excluding carboxylic acids is 1. The van der Waals surface area contributed by atoms with Crippen molar-refractivity contribution in [3.8, 4) is 11.8 Å². The molecule has 10 nitrogen and oxygen atoms in total. The van der Waals surface area contributed by atoms with E-state index in [9.17, 15) is 9.18 Å². The summed E-state index contributed by atoms with van der Waals surface area (Å²) in [6.07, 6.45) is 4.16. The van der Waals surface area contributed by atoms with Gasteiger partial charge in [0.25, 0.3) is 0 Å². The van der Waals surface area contributed by atoms with Gasteiger partial charge < -0.3 is 33.9 Å². The Balaban J connectivity index is 1.47. The van der Waals surface area contributed by atoms with Crippen LogP contribution in [0, 0.1) is 12.4 Å². The molecule has 40 heavy (non-hydrogen) atoms. The number of anilines is 2. The molecule has 1 aromatic heterocycles. The molecule has 0 bridgehead atoms. The second kappa shape index (κ2) is 12.1. The van der Waals surface area contributed by atoms with E-state index in [0.29, 0.717) is 63.5 Å². The van der Waals surface area contributed by atoms with Gasteiger partial charge in [-0.3, -0.25) is 4.79 Å². The first kappa shape index (κ1) is 27.6. The van der Waals surface area contributed by atoms with E-state index >= 15 is 0 Å². The van der Waals surface area contributed by atoms with Crippen LogP contribution in [-0.4, -0.2) is 97.8 Å². The number of carbonyl (C=O) groups is 1. The minimum absolute atomic E-state index is 0.164. The third-order valence-corrected chi connectivity index (χ3v) is 8.13. The maximum absolute atomic E-state index is 14.5. The van der Waals surface area contributed by atoms with Crippen LogP contribution in [0.2, 0.25) is 0 Å². The number of para-hydroxylation sites is 1. The number of fused-ring (bicyclic) bond motifs is 1. The first-order valence-electron chi connectivity index (χ1n) is 13.7. The first-order chi connectivity index (χ1) is 19.4. The fourth-order valence-corrected chi connectivity index (χ4v) is 5.95. The summed E-state index contributed by atoms with van der Waals surface area (Å²) in [6.45, 7) is 15.4. The maximum Gasteiger partial charge on any atom is 0.318 e. The molecule has 2 aromatic rings. The molecular weight excluding hydrogens is 513 g/mol. The molecule has 2 saturated heterocycles. The number of hydrogen-bond acceptors (Lipinski definition) is 8. The van der Waals surface area contributed by atoms with Crippen molar-refractivity contribution in [1.82, 2.24) is 19.8 Å². The second-order valence-corrected chi connectivity index (χ2v) is 10.5. The van der Waals surface area contributed by atoms with Crippen molar-refractivity contribution >= 4 is 17.4 Å². The van der Waals surface area contributed by atoms with Crippen LogP contribution in [0.1, 0.15) is 24.1 Å². The topological polar surface area (TPSA) is 78.6 Å². The fraction of sp³-hybridized carbons (Fsp3) is 0.517. The summed E-state index contributed by atoms with van der Waals surface area (Å²) in [4.78, 5) is 34.0. The van der Waals surface area contributed by atoms with E-state index in [1.54, 1.807) is 11.0 Å². The van der Waals surface area contributed by atoms with E-state index in [4.69, 9.17) is 26.0 Å². The average Bonchev–Trinajstić information content (AvgIpc) is 3.39. The summed E-state index contributed by atoms with van der Waals surface area (Å²) in [5.74, 6) is 0.427. The van der Waals surface area contributed by atoms with E-state index < -0.39 is 5.82 Å². The van der Waals surface area contributed by atoms with Gasteiger partial charge in [0.05, 0.1) is 25.0 Å². The summed E-state index contributed by atoms with van der Waals surface area (Å²) < 4.78 is 26.1. The number of methoxy groups -OCH3 is 1. The molecule has 0 saturated carbocycles. The van der Waals surface area contributed by atoms with Gasteiger partial charge in [-0.05, 0) is 51.1 Å². The summed E-state index contributed by atoms with van der Waals surface area (Å²) >= 11 is 0. The highest BCUT2D eigenvalue weighted by Crippen LogP contribution is 2.36. The van der Waals surface area contributed by atoms with Crippen LogP contribution in [-0.2, 0) is 17.8 Å². The highest BCUT2D eigenvalue weighted by atomic mass is 19.1. The van der Waals surface area contributed by atoms with E-state index in [1.165, 1.54) is 19.3 Å². The Kier molecular flexibility index (Phi) is 8.35. The molecule has 1 amide bonds. The number of nitrogens with zero attached hydrogens (tertiary/aromatic N) is 7. The van der Waals surface area contributed by atoms with E-state index in [-0.39, 0.29) is 24.2 Å². The molecule has 0 N–H and O–H groups in total. The number of likely N-dealkylation sites (tertiary alicyclic amines) is 1. The lowest BCUT2D eigenvalue weighted by Crippen LogP contribution is -2.56. The van der Waals surface area contributed by atoms with Gasteiger partial charge in [0.2, 0.25) is 12.5 Å². The minimum atomic E-state index is -0.406. The Morgan fingerprint density at radius 2 is 2.08 bits per heavy atom. The van der Waals surface area contributed by atoms with E-state index in [0.717, 1.165) is 36.5 Å². The highest BCUT2D eigenvalue weighted by molar-refractivity contribution is 5.87. The Hall–Kier alpha value is -3.91. The second-order valence-electron chi connectivity index (χ2n) is 10.5. The first-order valence-corrected chi connectivity index (χ1v) is 13.7. The molecule has 1 unspecified atom stereocenters. The molecule has 3 aliphatic rings. The Bertz CT molecular complexity index is 1300. The molecule has 5 rings (SSSR count). The van der Waals surface area contributed by atoms with E-state index in [1.807, 2.05) is 6.07 Å². The van der Waals surface area contributed by atoms with Gasteiger partial charge in [0, 0.05) is 37.8 Å². The van der Waals surface area contributed by atoms with Crippen LogP contribution in [0.5, 0.6) is 11.8 Å². The van der Waals surface area contributed by atoms with Crippen molar-refractivity contribution in [2.75, 3.05) is 69.8 Å². The van der Waals surface area contributed by atoms with Crippen molar-refractivity contribution in [3.05, 3.63) is 59.3 Å². The van der Waals surface area contributed by atoms with Crippen molar-refractivity contribution in [3.63, 3.8) is 0 Å². The number of piperazine rings is 1. The van der Waals surface area contributed by atoms with Gasteiger partial charge in [0.15, 0.2) is 11.6 Å². The average molecular weight is 550 g/mol. The Morgan fingerprint density at radius 3 is 2.80 bits per heavy atom. The zero-order valence-electron chi connectivity index (χ0n) is 23.2. The van der Waals surface area contributed by atoms with Crippen molar-refractivity contribution < 1.29 is 18.7 Å². The van der Waals surface area contributed by atoms with Crippen molar-refractivity contribution in [2.45, 2.75) is 37.9 Å². The fourth-order valence-electron chi connectivity index (χ4n) is 5.95. The van der Waals surface area contributed by atoms with Gasteiger partial charge >= 0.3 is 6.01 Å². The van der Waals surface area contributed by atoms with Crippen molar-refractivity contribution in [1.29, 1.82) is 0 Å². The van der Waals surface area contributed by atoms with Crippen molar-refractivity contribution in [2.24, 2.45) is 0 Å². The summed E-state index contributed by atoms with van der Waals surface area (Å²) in [5, 5.41) is 0. The molecule has 0 aliphatic carbocycles. The number of aromatic nitrogens is 2. The number of benzene rings is 1. The SMILES string of the molecule is [C-]#[N+]CC1CN(c2nc(OC[C@@H]3CCCN3C)nc3c2CCN(c2cccc(F)c2OC)C3)CCN1C(=O)C=C. The Morgan fingerprint density at radius 1 is 1.23 bits per heavy atom. The molecule has 11 heteroatoms. The lowest BCUT2D eigenvalue weighted by molar-refractivity contribution is -0.128. The molecule has 212 valence electrons. The van der Waals surface area contributed by atoms with Gasteiger partial charge in [-0.25, -0.2) is 11.0 Å². The molecular formula is C29H36FN7O3. The lowest BCUT2D eigenvalue weighted by Gasteiger charge is -2.41. The predicted octanol–water partition coefficient (Wildman–Crippen LogP) is 2.78. The molecule has 0 spiro atoms. The number of halogens is 1. The van der Waals surface area contributed by atoms with Gasteiger partial charge in [0.1, 0.15) is 18.5 Å². The monoisotopic (exact) mass is 549 g/mol. The zero-order chi connectivity index (χ0) is 28.2. The lowest BCUT2D eigenvalue weighted by atomic mass is 10.0. The highest BCUT2D eigenvalue weighted by Gasteiger charge is 2.35. The minimum Gasteiger partial charge on any atom is -0.492 e. The number of amides is 1. The van der Waals surface area contributed by atoms with Gasteiger partial charge in [-0.2, -0.15) is 9.97 Å². The van der Waals surface area contributed by atoms with Gasteiger partial charge in [-0.1, -0.05) is 12.6 Å². The molecule has 0 radical (unpaired) electrons. The normalized spacial score (nSPS) is 21.1. The predicted molar refractivity (Wildman–Crippen MR) is 150 cm³/mol. The molecule has 4 heterocycles. The van der Waals surface area contributed by atoms with Crippen LogP contribution in [0.3, 0.4) is 0 Å². The molecule has 1 aromatic carbocycles. The zero-order valence-corrected chi connectivity index (χ0v) is 23.2.